The maximum absolute atomic E-state index is 6.21. The number of furan rings is 1. The highest BCUT2D eigenvalue weighted by atomic mass is 16.3. The molecule has 0 unspecified atom stereocenters. The quantitative estimate of drug-likeness (QED) is 0.334. The van der Waals surface area contributed by atoms with Crippen LogP contribution in [0, 0.1) is 0 Å². The number of nitrogens with zero attached hydrogens (tertiary/aromatic N) is 1. The second kappa shape index (κ2) is 7.44. The number of hydrogen-bond donors (Lipinski definition) is 0. The summed E-state index contributed by atoms with van der Waals surface area (Å²) in [5.41, 5.74) is 7.10. The first-order valence-corrected chi connectivity index (χ1v) is 11.3. The fraction of sp³-hybridized carbons (Fsp3) is 0.379. The highest BCUT2D eigenvalue weighted by Crippen LogP contribution is 2.46. The molecule has 0 spiro atoms. The molecule has 0 aliphatic carbocycles. The maximum atomic E-state index is 6.21. The maximum Gasteiger partial charge on any atom is 0.136 e. The van der Waals surface area contributed by atoms with Crippen molar-refractivity contribution in [3.05, 3.63) is 66.2 Å². The molecule has 0 aliphatic rings. The summed E-state index contributed by atoms with van der Waals surface area (Å²) in [6, 6.07) is 22.0. The Labute approximate surface area is 186 Å². The van der Waals surface area contributed by atoms with Crippen LogP contribution >= 0.6 is 0 Å². The molecule has 0 N–H and O–H groups in total. The van der Waals surface area contributed by atoms with E-state index in [-0.39, 0.29) is 11.0 Å². The predicted molar refractivity (Wildman–Crippen MR) is 135 cm³/mol. The van der Waals surface area contributed by atoms with Crippen LogP contribution in [0.25, 0.3) is 33.1 Å². The largest absolute Gasteiger partial charge is 0.456 e. The summed E-state index contributed by atoms with van der Waals surface area (Å²) in [4.78, 5) is 2.59. The van der Waals surface area contributed by atoms with E-state index < -0.39 is 0 Å². The molecule has 3 aromatic carbocycles. The second-order valence-electron chi connectivity index (χ2n) is 10.9. The van der Waals surface area contributed by atoms with Gasteiger partial charge in [0.2, 0.25) is 0 Å². The van der Waals surface area contributed by atoms with Gasteiger partial charge in [-0.2, -0.15) is 0 Å². The van der Waals surface area contributed by atoms with Crippen LogP contribution in [0.1, 0.15) is 61.0 Å². The molecule has 4 rings (SSSR count). The Balaban J connectivity index is 2.14. The monoisotopic (exact) mass is 413 g/mol. The Hall–Kier alpha value is -2.74. The average Bonchev–Trinajstić information content (AvgIpc) is 3.04. The van der Waals surface area contributed by atoms with Crippen molar-refractivity contribution in [3.8, 4) is 11.1 Å². The number of benzene rings is 3. The standard InChI is InChI=1S/C29H35NO/c1-19(2)30(29(6,7)8)27-21(15-11-16-23(27)28(3,4)5)20-14-12-18-25-26(20)22-13-9-10-17-24(22)31-25/h9-19H,1-8H3. The third-order valence-electron chi connectivity index (χ3n) is 6.02. The Morgan fingerprint density at radius 2 is 1.32 bits per heavy atom. The van der Waals surface area contributed by atoms with Crippen LogP contribution in [0.3, 0.4) is 0 Å². The molecule has 0 saturated carbocycles. The van der Waals surface area contributed by atoms with Crippen molar-refractivity contribution in [1.29, 1.82) is 0 Å². The Morgan fingerprint density at radius 3 is 1.97 bits per heavy atom. The lowest BCUT2D eigenvalue weighted by molar-refractivity contribution is 0.459. The minimum Gasteiger partial charge on any atom is -0.456 e. The first-order chi connectivity index (χ1) is 14.5. The minimum atomic E-state index is -0.0172. The first kappa shape index (κ1) is 21.5. The number of anilines is 1. The van der Waals surface area contributed by atoms with Gasteiger partial charge in [-0.3, -0.25) is 0 Å². The molecule has 162 valence electrons. The van der Waals surface area contributed by atoms with Crippen molar-refractivity contribution in [2.75, 3.05) is 4.90 Å². The van der Waals surface area contributed by atoms with E-state index >= 15 is 0 Å². The summed E-state index contributed by atoms with van der Waals surface area (Å²) < 4.78 is 6.21. The van der Waals surface area contributed by atoms with Crippen LogP contribution < -0.4 is 4.90 Å². The lowest BCUT2D eigenvalue weighted by atomic mass is 9.81. The molecule has 31 heavy (non-hydrogen) atoms. The molecular formula is C29H35NO. The van der Waals surface area contributed by atoms with E-state index in [2.05, 4.69) is 115 Å². The van der Waals surface area contributed by atoms with Crippen LogP contribution in [0.5, 0.6) is 0 Å². The average molecular weight is 414 g/mol. The van der Waals surface area contributed by atoms with Crippen molar-refractivity contribution in [3.63, 3.8) is 0 Å². The van der Waals surface area contributed by atoms with Crippen molar-refractivity contribution in [2.24, 2.45) is 0 Å². The summed E-state index contributed by atoms with van der Waals surface area (Å²) in [5.74, 6) is 0. The topological polar surface area (TPSA) is 16.4 Å². The molecule has 0 bridgehead atoms. The SMILES string of the molecule is CC(C)N(c1c(-c2cccc3oc4ccccc4c23)cccc1C(C)(C)C)C(C)(C)C. The van der Waals surface area contributed by atoms with Crippen LogP contribution in [-0.4, -0.2) is 11.6 Å². The molecule has 0 fully saturated rings. The number of para-hydroxylation sites is 2. The third-order valence-corrected chi connectivity index (χ3v) is 6.02. The zero-order valence-corrected chi connectivity index (χ0v) is 20.2. The van der Waals surface area contributed by atoms with Gasteiger partial charge in [-0.15, -0.1) is 0 Å². The highest BCUT2D eigenvalue weighted by molar-refractivity contribution is 6.13. The van der Waals surface area contributed by atoms with Crippen LogP contribution in [0.15, 0.2) is 65.1 Å². The molecule has 2 nitrogen and oxygen atoms in total. The molecule has 2 heteroatoms. The van der Waals surface area contributed by atoms with Gasteiger partial charge in [0, 0.05) is 33.6 Å². The third kappa shape index (κ3) is 3.73. The lowest BCUT2D eigenvalue weighted by Gasteiger charge is -2.45. The summed E-state index contributed by atoms with van der Waals surface area (Å²) in [5, 5.41) is 2.37. The molecule has 1 heterocycles. The Morgan fingerprint density at radius 1 is 0.710 bits per heavy atom. The Bertz CT molecular complexity index is 1230. The van der Waals surface area contributed by atoms with Gasteiger partial charge in [0.05, 0.1) is 0 Å². The van der Waals surface area contributed by atoms with E-state index in [9.17, 15) is 0 Å². The normalized spacial score (nSPS) is 12.8. The fourth-order valence-corrected chi connectivity index (χ4v) is 4.99. The van der Waals surface area contributed by atoms with Gasteiger partial charge < -0.3 is 9.32 Å². The van der Waals surface area contributed by atoms with E-state index in [1.807, 2.05) is 6.07 Å². The zero-order valence-electron chi connectivity index (χ0n) is 20.2. The Kier molecular flexibility index (Phi) is 5.16. The van der Waals surface area contributed by atoms with Crippen LogP contribution in [0.4, 0.5) is 5.69 Å². The van der Waals surface area contributed by atoms with Crippen molar-refractivity contribution in [2.45, 2.75) is 72.4 Å². The highest BCUT2D eigenvalue weighted by Gasteiger charge is 2.32. The number of rotatable bonds is 3. The summed E-state index contributed by atoms with van der Waals surface area (Å²) in [7, 11) is 0. The van der Waals surface area contributed by atoms with E-state index in [0.29, 0.717) is 6.04 Å². The van der Waals surface area contributed by atoms with E-state index in [1.54, 1.807) is 0 Å². The number of hydrogen-bond acceptors (Lipinski definition) is 2. The summed E-state index contributed by atoms with van der Waals surface area (Å²) >= 11 is 0. The fourth-order valence-electron chi connectivity index (χ4n) is 4.99. The van der Waals surface area contributed by atoms with Crippen molar-refractivity contribution >= 4 is 27.6 Å². The molecule has 0 saturated heterocycles. The van der Waals surface area contributed by atoms with E-state index in [0.717, 1.165) is 11.2 Å². The van der Waals surface area contributed by atoms with Gasteiger partial charge in [0.25, 0.3) is 0 Å². The summed E-state index contributed by atoms with van der Waals surface area (Å²) in [6.07, 6.45) is 0. The molecule has 4 aromatic rings. The molecule has 0 radical (unpaired) electrons. The second-order valence-corrected chi connectivity index (χ2v) is 10.9. The molecule has 0 amide bonds. The van der Waals surface area contributed by atoms with Gasteiger partial charge in [-0.25, -0.2) is 0 Å². The summed E-state index contributed by atoms with van der Waals surface area (Å²) in [6.45, 7) is 18.4. The first-order valence-electron chi connectivity index (χ1n) is 11.3. The van der Waals surface area contributed by atoms with Gasteiger partial charge in [-0.1, -0.05) is 69.3 Å². The van der Waals surface area contributed by atoms with Gasteiger partial charge >= 0.3 is 0 Å². The van der Waals surface area contributed by atoms with Gasteiger partial charge in [-0.05, 0) is 63.3 Å². The van der Waals surface area contributed by atoms with Crippen molar-refractivity contribution < 1.29 is 4.42 Å². The van der Waals surface area contributed by atoms with Gasteiger partial charge in [0.1, 0.15) is 11.2 Å². The van der Waals surface area contributed by atoms with Crippen LogP contribution in [0.2, 0.25) is 0 Å². The minimum absolute atomic E-state index is 0.0172. The van der Waals surface area contributed by atoms with Crippen molar-refractivity contribution in [1.82, 2.24) is 0 Å². The predicted octanol–water partition coefficient (Wildman–Crippen LogP) is 8.56. The van der Waals surface area contributed by atoms with E-state index in [4.69, 9.17) is 4.42 Å². The molecule has 1 aromatic heterocycles. The molecular weight excluding hydrogens is 378 g/mol. The smallest absolute Gasteiger partial charge is 0.136 e. The van der Waals surface area contributed by atoms with Crippen LogP contribution in [-0.2, 0) is 5.41 Å². The molecule has 0 aliphatic heterocycles. The van der Waals surface area contributed by atoms with Gasteiger partial charge in [0.15, 0.2) is 0 Å². The lowest BCUT2D eigenvalue weighted by Crippen LogP contribution is -2.47. The van der Waals surface area contributed by atoms with E-state index in [1.165, 1.54) is 33.2 Å². The zero-order chi connectivity index (χ0) is 22.6. The molecule has 0 atom stereocenters. The number of fused-ring (bicyclic) bond motifs is 3.